The monoisotopic (exact) mass is 273 g/mol. The summed E-state index contributed by atoms with van der Waals surface area (Å²) in [6.45, 7) is 4.31. The minimum absolute atomic E-state index is 0.0627. The number of rotatable bonds is 4. The van der Waals surface area contributed by atoms with E-state index in [4.69, 9.17) is 9.52 Å². The van der Waals surface area contributed by atoms with Crippen LogP contribution in [0.15, 0.2) is 34.7 Å². The Bertz CT molecular complexity index is 616. The van der Waals surface area contributed by atoms with Crippen LogP contribution in [0.25, 0.3) is 11.3 Å². The standard InChI is InChI=1S/C16H19NO3/c1-11-5-4-6-13(12(11)2)14-7-8-15(20-14)16(19)17(3)9-10-18/h4-8,18H,9-10H2,1-3H3. The normalized spacial score (nSPS) is 10.6. The van der Waals surface area contributed by atoms with Gasteiger partial charge in [0.05, 0.1) is 6.61 Å². The predicted molar refractivity (Wildman–Crippen MR) is 77.7 cm³/mol. The number of amides is 1. The third-order valence-electron chi connectivity index (χ3n) is 3.47. The molecular formula is C16H19NO3. The van der Waals surface area contributed by atoms with Crippen LogP contribution in [0.4, 0.5) is 0 Å². The fraction of sp³-hybridized carbons (Fsp3) is 0.312. The fourth-order valence-corrected chi connectivity index (χ4v) is 2.06. The third kappa shape index (κ3) is 2.75. The van der Waals surface area contributed by atoms with Crippen LogP contribution in [0.3, 0.4) is 0 Å². The van der Waals surface area contributed by atoms with Gasteiger partial charge in [-0.3, -0.25) is 4.79 Å². The van der Waals surface area contributed by atoms with Gasteiger partial charge in [-0.15, -0.1) is 0 Å². The van der Waals surface area contributed by atoms with E-state index < -0.39 is 0 Å². The van der Waals surface area contributed by atoms with Gasteiger partial charge < -0.3 is 14.4 Å². The molecule has 0 fully saturated rings. The molecule has 2 rings (SSSR count). The topological polar surface area (TPSA) is 53.7 Å². The number of carbonyl (C=O) groups excluding carboxylic acids is 1. The average molecular weight is 273 g/mol. The van der Waals surface area contributed by atoms with Gasteiger partial charge in [-0.1, -0.05) is 18.2 Å². The molecule has 4 heteroatoms. The minimum Gasteiger partial charge on any atom is -0.451 e. The van der Waals surface area contributed by atoms with Crippen LogP contribution >= 0.6 is 0 Å². The molecule has 0 spiro atoms. The Hall–Kier alpha value is -2.07. The van der Waals surface area contributed by atoms with Crippen molar-refractivity contribution in [2.24, 2.45) is 0 Å². The molecule has 0 saturated heterocycles. The Morgan fingerprint density at radius 1 is 1.25 bits per heavy atom. The SMILES string of the molecule is Cc1cccc(-c2ccc(C(=O)N(C)CCO)o2)c1C. The van der Waals surface area contributed by atoms with Gasteiger partial charge in [0.1, 0.15) is 5.76 Å². The van der Waals surface area contributed by atoms with Gasteiger partial charge in [0.2, 0.25) is 0 Å². The van der Waals surface area contributed by atoms with Crippen LogP contribution in [0.5, 0.6) is 0 Å². The molecule has 0 unspecified atom stereocenters. The van der Waals surface area contributed by atoms with Crippen LogP contribution < -0.4 is 0 Å². The molecular weight excluding hydrogens is 254 g/mol. The van der Waals surface area contributed by atoms with Crippen molar-refractivity contribution in [2.45, 2.75) is 13.8 Å². The summed E-state index contributed by atoms with van der Waals surface area (Å²) in [7, 11) is 1.64. The molecule has 4 nitrogen and oxygen atoms in total. The van der Waals surface area contributed by atoms with Crippen molar-refractivity contribution in [2.75, 3.05) is 20.2 Å². The number of aliphatic hydroxyl groups is 1. The summed E-state index contributed by atoms with van der Waals surface area (Å²) >= 11 is 0. The number of likely N-dealkylation sites (N-methyl/N-ethyl adjacent to an activating group) is 1. The maximum atomic E-state index is 12.1. The molecule has 0 aliphatic rings. The summed E-state index contributed by atoms with van der Waals surface area (Å²) in [5, 5.41) is 8.86. The number of carbonyl (C=O) groups is 1. The van der Waals surface area contributed by atoms with E-state index in [-0.39, 0.29) is 18.3 Å². The Labute approximate surface area is 118 Å². The van der Waals surface area contributed by atoms with Crippen LogP contribution in [-0.4, -0.2) is 36.1 Å². The molecule has 0 atom stereocenters. The number of nitrogens with zero attached hydrogens (tertiary/aromatic N) is 1. The Morgan fingerprint density at radius 3 is 2.70 bits per heavy atom. The number of hydrogen-bond acceptors (Lipinski definition) is 3. The van der Waals surface area contributed by atoms with Gasteiger partial charge in [0.25, 0.3) is 5.91 Å². The second-order valence-corrected chi connectivity index (χ2v) is 4.86. The molecule has 0 saturated carbocycles. The highest BCUT2D eigenvalue weighted by atomic mass is 16.4. The first-order valence-electron chi connectivity index (χ1n) is 6.57. The zero-order valence-electron chi connectivity index (χ0n) is 12.0. The third-order valence-corrected chi connectivity index (χ3v) is 3.47. The Balaban J connectivity index is 2.29. The maximum Gasteiger partial charge on any atom is 0.289 e. The number of hydrogen-bond donors (Lipinski definition) is 1. The first-order chi connectivity index (χ1) is 9.54. The molecule has 2 aromatic rings. The molecule has 0 radical (unpaired) electrons. The number of benzene rings is 1. The van der Waals surface area contributed by atoms with Crippen molar-refractivity contribution >= 4 is 5.91 Å². The molecule has 1 aromatic heterocycles. The van der Waals surface area contributed by atoms with Gasteiger partial charge in [0, 0.05) is 19.2 Å². The van der Waals surface area contributed by atoms with Crippen molar-refractivity contribution in [3.05, 3.63) is 47.2 Å². The summed E-state index contributed by atoms with van der Waals surface area (Å²) in [6, 6.07) is 9.48. The average Bonchev–Trinajstić information content (AvgIpc) is 2.90. The van der Waals surface area contributed by atoms with E-state index in [1.54, 1.807) is 13.1 Å². The Kier molecular flexibility index (Phi) is 4.25. The zero-order valence-corrected chi connectivity index (χ0v) is 12.0. The van der Waals surface area contributed by atoms with Crippen molar-refractivity contribution in [1.82, 2.24) is 4.90 Å². The lowest BCUT2D eigenvalue weighted by molar-refractivity contribution is 0.0736. The first-order valence-corrected chi connectivity index (χ1v) is 6.57. The molecule has 1 N–H and O–H groups in total. The largest absolute Gasteiger partial charge is 0.451 e. The van der Waals surface area contributed by atoms with Gasteiger partial charge in [-0.05, 0) is 37.1 Å². The van der Waals surface area contributed by atoms with Crippen molar-refractivity contribution < 1.29 is 14.3 Å². The first kappa shape index (κ1) is 14.3. The summed E-state index contributed by atoms with van der Waals surface area (Å²) in [4.78, 5) is 13.5. The highest BCUT2D eigenvalue weighted by molar-refractivity contribution is 5.92. The molecule has 0 aliphatic heterocycles. The lowest BCUT2D eigenvalue weighted by atomic mass is 10.0. The second-order valence-electron chi connectivity index (χ2n) is 4.86. The van der Waals surface area contributed by atoms with Gasteiger partial charge >= 0.3 is 0 Å². The lowest BCUT2D eigenvalue weighted by Gasteiger charge is -2.13. The molecule has 1 aromatic carbocycles. The molecule has 0 aliphatic carbocycles. The number of furan rings is 1. The highest BCUT2D eigenvalue weighted by Crippen LogP contribution is 2.27. The van der Waals surface area contributed by atoms with E-state index >= 15 is 0 Å². The number of aliphatic hydroxyl groups excluding tert-OH is 1. The summed E-state index contributed by atoms with van der Waals surface area (Å²) in [5.41, 5.74) is 3.32. The summed E-state index contributed by atoms with van der Waals surface area (Å²) < 4.78 is 5.66. The minimum atomic E-state index is -0.226. The predicted octanol–water partition coefficient (Wildman–Crippen LogP) is 2.63. The zero-order chi connectivity index (χ0) is 14.7. The molecule has 1 heterocycles. The van der Waals surface area contributed by atoms with Crippen LogP contribution in [0.1, 0.15) is 21.7 Å². The summed E-state index contributed by atoms with van der Waals surface area (Å²) in [6.07, 6.45) is 0. The maximum absolute atomic E-state index is 12.1. The van der Waals surface area contributed by atoms with Crippen LogP contribution in [-0.2, 0) is 0 Å². The van der Waals surface area contributed by atoms with Crippen molar-refractivity contribution in [1.29, 1.82) is 0 Å². The van der Waals surface area contributed by atoms with E-state index in [2.05, 4.69) is 0 Å². The molecule has 106 valence electrons. The Morgan fingerprint density at radius 2 is 2.00 bits per heavy atom. The quantitative estimate of drug-likeness (QED) is 0.931. The lowest BCUT2D eigenvalue weighted by Crippen LogP contribution is -2.29. The van der Waals surface area contributed by atoms with Crippen LogP contribution in [0, 0.1) is 13.8 Å². The summed E-state index contributed by atoms with van der Waals surface area (Å²) in [5.74, 6) is 0.749. The van der Waals surface area contributed by atoms with Gasteiger partial charge in [0.15, 0.2) is 5.76 Å². The molecule has 20 heavy (non-hydrogen) atoms. The van der Waals surface area contributed by atoms with Crippen molar-refractivity contribution in [3.8, 4) is 11.3 Å². The fourth-order valence-electron chi connectivity index (χ4n) is 2.06. The number of aryl methyl sites for hydroxylation is 1. The van der Waals surface area contributed by atoms with E-state index in [0.29, 0.717) is 12.3 Å². The second kappa shape index (κ2) is 5.92. The van der Waals surface area contributed by atoms with Gasteiger partial charge in [-0.2, -0.15) is 0 Å². The van der Waals surface area contributed by atoms with Gasteiger partial charge in [-0.25, -0.2) is 0 Å². The molecule has 0 bridgehead atoms. The van der Waals surface area contributed by atoms with E-state index in [0.717, 1.165) is 11.1 Å². The van der Waals surface area contributed by atoms with Crippen LogP contribution in [0.2, 0.25) is 0 Å². The van der Waals surface area contributed by atoms with Crippen molar-refractivity contribution in [3.63, 3.8) is 0 Å². The van der Waals surface area contributed by atoms with E-state index in [1.165, 1.54) is 10.5 Å². The highest BCUT2D eigenvalue weighted by Gasteiger charge is 2.17. The van der Waals surface area contributed by atoms with E-state index in [1.807, 2.05) is 38.1 Å². The van der Waals surface area contributed by atoms with E-state index in [9.17, 15) is 4.79 Å². The molecule has 1 amide bonds. The smallest absolute Gasteiger partial charge is 0.289 e.